The Hall–Kier alpha value is -2.55. The van der Waals surface area contributed by atoms with Crippen LogP contribution in [0.25, 0.3) is 0 Å². The second kappa shape index (κ2) is 57.7. The summed E-state index contributed by atoms with van der Waals surface area (Å²) in [7, 11) is 1.49. The number of hydrogen-bond acceptors (Lipinski definition) is 6. The number of nitrogens with zero attached hydrogens (tertiary/aromatic N) is 1. The molecule has 9 nitrogen and oxygen atoms in total. The highest BCUT2D eigenvalue weighted by atomic mass is 31.2. The molecule has 0 aliphatic carbocycles. The summed E-state index contributed by atoms with van der Waals surface area (Å²) in [5.74, 6) is -0.523. The fourth-order valence-corrected chi connectivity index (χ4v) is 10.0. The number of allylic oxidation sites excluding steroid dienone is 11. The maximum absolute atomic E-state index is 13.6. The van der Waals surface area contributed by atoms with Crippen LogP contribution in [0.1, 0.15) is 297 Å². The Morgan fingerprint density at radius 1 is 0.449 bits per heavy atom. The number of ether oxygens (including phenoxy) is 1. The molecule has 0 bridgehead atoms. The standard InChI is InChI=1S/C68H125N2O7P/c1-7-10-13-16-19-22-25-28-29-30-31-32-33-34-35-36-37-38-39-40-41-43-45-48-51-54-57-60-67(71)69-65(64-76-78(73,74)75-63-62-70(4,5)6)66(59-56-53-50-47-44-27-24-21-18-15-12-9-3)77-68(72)61-58-55-52-49-46-42-26-23-20-17-14-11-8-2/h19,22,28-29,31-32,34-35,42,46,56,59,65-66H,7-18,20-21,23-27,30,33,36-41,43-45,47-55,57-58,60-64H2,1-6H3,(H-,69,71,73,74)/p+1/b22-19-,29-28-,32-31-,35-34-,46-42-,59-56-. The van der Waals surface area contributed by atoms with E-state index >= 15 is 0 Å². The number of amides is 1. The molecule has 454 valence electrons. The van der Waals surface area contributed by atoms with Crippen LogP contribution in [-0.2, 0) is 27.9 Å². The zero-order chi connectivity index (χ0) is 57.2. The average Bonchev–Trinajstić information content (AvgIpc) is 3.40. The van der Waals surface area contributed by atoms with Crippen LogP contribution in [0, 0.1) is 0 Å². The summed E-state index contributed by atoms with van der Waals surface area (Å²) in [6.07, 6.45) is 74.8. The van der Waals surface area contributed by atoms with Gasteiger partial charge in [-0.15, -0.1) is 0 Å². The van der Waals surface area contributed by atoms with E-state index < -0.39 is 20.0 Å². The zero-order valence-electron chi connectivity index (χ0n) is 51.9. The second-order valence-corrected chi connectivity index (χ2v) is 24.7. The number of carbonyl (C=O) groups is 2. The van der Waals surface area contributed by atoms with Crippen LogP contribution < -0.4 is 5.32 Å². The van der Waals surface area contributed by atoms with Gasteiger partial charge in [-0.3, -0.25) is 18.6 Å². The Bertz CT molecular complexity index is 1570. The van der Waals surface area contributed by atoms with E-state index in [1.807, 2.05) is 33.3 Å². The molecule has 10 heteroatoms. The number of nitrogens with one attached hydrogen (secondary N) is 1. The van der Waals surface area contributed by atoms with Gasteiger partial charge in [0.05, 0.1) is 33.8 Å². The molecule has 0 spiro atoms. The lowest BCUT2D eigenvalue weighted by atomic mass is 10.0. The van der Waals surface area contributed by atoms with E-state index in [0.717, 1.165) is 83.5 Å². The normalized spacial score (nSPS) is 14.1. The maximum atomic E-state index is 13.6. The van der Waals surface area contributed by atoms with Crippen molar-refractivity contribution in [3.05, 3.63) is 72.9 Å². The highest BCUT2D eigenvalue weighted by Gasteiger charge is 2.30. The van der Waals surface area contributed by atoms with Crippen LogP contribution in [-0.4, -0.2) is 74.3 Å². The molecule has 0 rings (SSSR count). The van der Waals surface area contributed by atoms with Crippen LogP contribution in [0.3, 0.4) is 0 Å². The third-order valence-corrected chi connectivity index (χ3v) is 15.4. The van der Waals surface area contributed by atoms with E-state index in [4.69, 9.17) is 13.8 Å². The average molecular weight is 1110 g/mol. The molecule has 0 radical (unpaired) electrons. The highest BCUT2D eigenvalue weighted by molar-refractivity contribution is 7.47. The first-order valence-electron chi connectivity index (χ1n) is 32.8. The minimum Gasteiger partial charge on any atom is -0.456 e. The molecular formula is C68H126N2O7P+. The summed E-state index contributed by atoms with van der Waals surface area (Å²) in [4.78, 5) is 37.7. The van der Waals surface area contributed by atoms with Gasteiger partial charge in [0.15, 0.2) is 0 Å². The summed E-state index contributed by atoms with van der Waals surface area (Å²) >= 11 is 0. The zero-order valence-corrected chi connectivity index (χ0v) is 52.8. The molecule has 0 aliphatic heterocycles. The summed E-state index contributed by atoms with van der Waals surface area (Å²) in [5.41, 5.74) is 0. The van der Waals surface area contributed by atoms with Gasteiger partial charge in [-0.05, 0) is 102 Å². The number of phosphoric acid groups is 1. The first-order chi connectivity index (χ1) is 37.9. The van der Waals surface area contributed by atoms with E-state index in [9.17, 15) is 19.0 Å². The number of rotatable bonds is 59. The topological polar surface area (TPSA) is 111 Å². The van der Waals surface area contributed by atoms with Gasteiger partial charge in [0.25, 0.3) is 0 Å². The Labute approximate surface area is 483 Å². The number of hydrogen-bond donors (Lipinski definition) is 2. The monoisotopic (exact) mass is 1110 g/mol. The molecule has 2 N–H and O–H groups in total. The molecule has 78 heavy (non-hydrogen) atoms. The van der Waals surface area contributed by atoms with Crippen molar-refractivity contribution in [1.82, 2.24) is 5.32 Å². The van der Waals surface area contributed by atoms with Crippen LogP contribution in [0.4, 0.5) is 0 Å². The van der Waals surface area contributed by atoms with Gasteiger partial charge in [0.1, 0.15) is 19.3 Å². The molecule has 0 saturated carbocycles. The summed E-state index contributed by atoms with van der Waals surface area (Å²) < 4.78 is 30.7. The van der Waals surface area contributed by atoms with Gasteiger partial charge in [-0.2, -0.15) is 0 Å². The Morgan fingerprint density at radius 3 is 1.22 bits per heavy atom. The second-order valence-electron chi connectivity index (χ2n) is 23.3. The van der Waals surface area contributed by atoms with E-state index in [1.165, 1.54) is 173 Å². The minimum absolute atomic E-state index is 0.0359. The molecule has 0 aromatic carbocycles. The van der Waals surface area contributed by atoms with Gasteiger partial charge in [0, 0.05) is 12.8 Å². The lowest BCUT2D eigenvalue weighted by Crippen LogP contribution is -2.47. The van der Waals surface area contributed by atoms with E-state index in [0.29, 0.717) is 23.9 Å². The van der Waals surface area contributed by atoms with Crippen LogP contribution in [0.2, 0.25) is 0 Å². The van der Waals surface area contributed by atoms with Gasteiger partial charge < -0.3 is 19.4 Å². The fourth-order valence-electron chi connectivity index (χ4n) is 9.27. The van der Waals surface area contributed by atoms with Gasteiger partial charge >= 0.3 is 13.8 Å². The van der Waals surface area contributed by atoms with Gasteiger partial charge in [-0.25, -0.2) is 4.57 Å². The van der Waals surface area contributed by atoms with E-state index in [-0.39, 0.29) is 31.5 Å². The van der Waals surface area contributed by atoms with Crippen molar-refractivity contribution in [1.29, 1.82) is 0 Å². The lowest BCUT2D eigenvalue weighted by molar-refractivity contribution is -0.870. The van der Waals surface area contributed by atoms with Crippen molar-refractivity contribution in [2.45, 2.75) is 309 Å². The number of phosphoric ester groups is 1. The van der Waals surface area contributed by atoms with Crippen LogP contribution in [0.5, 0.6) is 0 Å². The number of quaternary nitrogens is 1. The Kier molecular flexibility index (Phi) is 55.8. The molecule has 3 unspecified atom stereocenters. The van der Waals surface area contributed by atoms with Crippen LogP contribution >= 0.6 is 7.82 Å². The summed E-state index contributed by atoms with van der Waals surface area (Å²) in [6, 6.07) is -0.857. The van der Waals surface area contributed by atoms with Crippen molar-refractivity contribution in [3.8, 4) is 0 Å². The van der Waals surface area contributed by atoms with Crippen LogP contribution in [0.15, 0.2) is 72.9 Å². The first kappa shape index (κ1) is 75.5. The maximum Gasteiger partial charge on any atom is 0.472 e. The van der Waals surface area contributed by atoms with Crippen molar-refractivity contribution in [2.24, 2.45) is 0 Å². The lowest BCUT2D eigenvalue weighted by Gasteiger charge is -2.27. The van der Waals surface area contributed by atoms with Crippen molar-refractivity contribution in [3.63, 3.8) is 0 Å². The third kappa shape index (κ3) is 58.1. The number of esters is 1. The largest absolute Gasteiger partial charge is 0.472 e. The highest BCUT2D eigenvalue weighted by Crippen LogP contribution is 2.43. The predicted molar refractivity (Wildman–Crippen MR) is 337 cm³/mol. The van der Waals surface area contributed by atoms with Crippen molar-refractivity contribution >= 4 is 19.7 Å². The molecular weight excluding hydrogens is 988 g/mol. The quantitative estimate of drug-likeness (QED) is 0.0205. The van der Waals surface area contributed by atoms with Gasteiger partial charge in [0.2, 0.25) is 5.91 Å². The van der Waals surface area contributed by atoms with Crippen molar-refractivity contribution < 1.29 is 37.3 Å². The SMILES string of the molecule is CCCCC/C=C\C/C=C\C/C=C\C/C=C\CCCCCCCCCCCCCC(=O)NC(COP(=O)(O)OCC[N+](C)(C)C)C(/C=C\CCCCCCCCCCCC)OC(=O)CCCCC/C=C\CCCCCCCC. The Balaban J connectivity index is 5.07. The van der Waals surface area contributed by atoms with E-state index in [1.54, 1.807) is 0 Å². The number of likely N-dealkylation sites (N-methyl/N-ethyl adjacent to an activating group) is 1. The predicted octanol–water partition coefficient (Wildman–Crippen LogP) is 20.4. The summed E-state index contributed by atoms with van der Waals surface area (Å²) in [5, 5.41) is 3.06. The molecule has 0 fully saturated rings. The molecule has 0 heterocycles. The van der Waals surface area contributed by atoms with Crippen molar-refractivity contribution in [2.75, 3.05) is 40.9 Å². The molecule has 1 amide bonds. The van der Waals surface area contributed by atoms with Gasteiger partial charge in [-0.1, -0.05) is 255 Å². The minimum atomic E-state index is -4.45. The molecule has 3 atom stereocenters. The Morgan fingerprint density at radius 2 is 0.782 bits per heavy atom. The molecule has 0 aliphatic rings. The number of unbranched alkanes of at least 4 members (excludes halogenated alkanes) is 33. The molecule has 0 aromatic rings. The summed E-state index contributed by atoms with van der Waals surface area (Å²) in [6.45, 7) is 6.98. The van der Waals surface area contributed by atoms with E-state index in [2.05, 4.69) is 86.8 Å². The molecule has 0 saturated heterocycles. The number of carbonyl (C=O) groups excluding carboxylic acids is 2. The smallest absolute Gasteiger partial charge is 0.456 e. The molecule has 0 aromatic heterocycles. The first-order valence-corrected chi connectivity index (χ1v) is 34.3. The fraction of sp³-hybridized carbons (Fsp3) is 0.794. The third-order valence-electron chi connectivity index (χ3n) is 14.4.